The minimum absolute atomic E-state index is 0.00272. The molecule has 2 aromatic carbocycles. The lowest BCUT2D eigenvalue weighted by Crippen LogP contribution is -2.46. The summed E-state index contributed by atoms with van der Waals surface area (Å²) in [5.74, 6) is -0.176. The number of nitrogens with one attached hydrogen (secondary N) is 2. The van der Waals surface area contributed by atoms with Gasteiger partial charge in [-0.25, -0.2) is 0 Å². The second-order valence-corrected chi connectivity index (χ2v) is 5.94. The van der Waals surface area contributed by atoms with E-state index in [0.29, 0.717) is 29.9 Å². The van der Waals surface area contributed by atoms with Gasteiger partial charge in [0.2, 0.25) is 0 Å². The summed E-state index contributed by atoms with van der Waals surface area (Å²) in [6.45, 7) is 5.02. The fourth-order valence-electron chi connectivity index (χ4n) is 2.69. The lowest BCUT2D eigenvalue weighted by atomic mass is 10.1. The summed E-state index contributed by atoms with van der Waals surface area (Å²) in [7, 11) is 0. The molecule has 1 aliphatic heterocycles. The molecular formula is C19H21N3O2. The number of rotatable bonds is 3. The van der Waals surface area contributed by atoms with Crippen molar-refractivity contribution in [1.29, 1.82) is 0 Å². The molecule has 2 aromatic rings. The first-order valence-corrected chi connectivity index (χ1v) is 8.11. The zero-order chi connectivity index (χ0) is 16.9. The van der Waals surface area contributed by atoms with Crippen LogP contribution in [0.5, 0.6) is 0 Å². The number of carbonyl (C=O) groups excluding carboxylic acids is 2. The van der Waals surface area contributed by atoms with Gasteiger partial charge in [-0.05, 0) is 37.3 Å². The molecule has 0 saturated carbocycles. The van der Waals surface area contributed by atoms with Gasteiger partial charge < -0.3 is 15.5 Å². The number of anilines is 1. The van der Waals surface area contributed by atoms with E-state index in [4.69, 9.17) is 0 Å². The molecule has 2 amide bonds. The highest BCUT2D eigenvalue weighted by molar-refractivity contribution is 6.05. The van der Waals surface area contributed by atoms with Crippen LogP contribution in [0.1, 0.15) is 26.3 Å². The van der Waals surface area contributed by atoms with Gasteiger partial charge in [-0.3, -0.25) is 9.59 Å². The van der Waals surface area contributed by atoms with Gasteiger partial charge in [-0.1, -0.05) is 23.8 Å². The molecule has 0 bridgehead atoms. The monoisotopic (exact) mass is 323 g/mol. The average Bonchev–Trinajstić information content (AvgIpc) is 2.62. The lowest BCUT2D eigenvalue weighted by Gasteiger charge is -2.27. The molecule has 5 nitrogen and oxygen atoms in total. The van der Waals surface area contributed by atoms with E-state index in [9.17, 15) is 9.59 Å². The number of aryl methyl sites for hydroxylation is 1. The zero-order valence-corrected chi connectivity index (χ0v) is 13.7. The van der Waals surface area contributed by atoms with Crippen LogP contribution in [0.25, 0.3) is 0 Å². The van der Waals surface area contributed by atoms with E-state index in [1.165, 1.54) is 0 Å². The van der Waals surface area contributed by atoms with Crippen LogP contribution in [0.2, 0.25) is 0 Å². The Balaban J connectivity index is 1.71. The number of amides is 2. The van der Waals surface area contributed by atoms with Crippen molar-refractivity contribution in [3.8, 4) is 0 Å². The van der Waals surface area contributed by atoms with Crippen molar-refractivity contribution in [2.75, 3.05) is 31.5 Å². The van der Waals surface area contributed by atoms with E-state index in [1.807, 2.05) is 24.0 Å². The third kappa shape index (κ3) is 3.81. The Bertz CT molecular complexity index is 735. The fourth-order valence-corrected chi connectivity index (χ4v) is 2.69. The van der Waals surface area contributed by atoms with Gasteiger partial charge in [-0.15, -0.1) is 0 Å². The van der Waals surface area contributed by atoms with E-state index in [-0.39, 0.29) is 11.8 Å². The molecule has 0 atom stereocenters. The van der Waals surface area contributed by atoms with Gasteiger partial charge in [0, 0.05) is 43.0 Å². The maximum Gasteiger partial charge on any atom is 0.255 e. The summed E-state index contributed by atoms with van der Waals surface area (Å²) in [5.41, 5.74) is 2.93. The van der Waals surface area contributed by atoms with Gasteiger partial charge in [0.05, 0.1) is 0 Å². The van der Waals surface area contributed by atoms with Gasteiger partial charge >= 0.3 is 0 Å². The number of benzene rings is 2. The molecule has 1 saturated heterocycles. The van der Waals surface area contributed by atoms with Crippen LogP contribution in [0.4, 0.5) is 5.69 Å². The summed E-state index contributed by atoms with van der Waals surface area (Å²) in [5, 5.41) is 6.08. The zero-order valence-electron chi connectivity index (χ0n) is 13.7. The van der Waals surface area contributed by atoms with Crippen molar-refractivity contribution in [3.05, 3.63) is 65.2 Å². The molecule has 1 heterocycles. The number of piperazine rings is 1. The molecular weight excluding hydrogens is 302 g/mol. The van der Waals surface area contributed by atoms with E-state index in [1.54, 1.807) is 36.4 Å². The quantitative estimate of drug-likeness (QED) is 0.911. The molecule has 24 heavy (non-hydrogen) atoms. The second-order valence-electron chi connectivity index (χ2n) is 5.94. The third-order valence-corrected chi connectivity index (χ3v) is 4.09. The molecule has 0 aromatic heterocycles. The minimum atomic E-state index is -0.179. The first-order valence-electron chi connectivity index (χ1n) is 8.11. The molecule has 1 fully saturated rings. The molecule has 2 N–H and O–H groups in total. The Morgan fingerprint density at radius 1 is 1.00 bits per heavy atom. The van der Waals surface area contributed by atoms with Crippen LogP contribution in [0.15, 0.2) is 48.5 Å². The Morgan fingerprint density at radius 2 is 1.71 bits per heavy atom. The third-order valence-electron chi connectivity index (χ3n) is 4.09. The van der Waals surface area contributed by atoms with Crippen molar-refractivity contribution < 1.29 is 9.59 Å². The van der Waals surface area contributed by atoms with Crippen molar-refractivity contribution in [2.45, 2.75) is 6.92 Å². The van der Waals surface area contributed by atoms with Crippen molar-refractivity contribution >= 4 is 17.5 Å². The Kier molecular flexibility index (Phi) is 4.91. The Labute approximate surface area is 141 Å². The normalized spacial score (nSPS) is 14.3. The predicted molar refractivity (Wildman–Crippen MR) is 94.3 cm³/mol. The maximum absolute atomic E-state index is 12.5. The van der Waals surface area contributed by atoms with Gasteiger partial charge in [0.1, 0.15) is 0 Å². The van der Waals surface area contributed by atoms with Gasteiger partial charge in [-0.2, -0.15) is 0 Å². The van der Waals surface area contributed by atoms with E-state index in [0.717, 1.165) is 18.7 Å². The molecule has 0 unspecified atom stereocenters. The van der Waals surface area contributed by atoms with Crippen LogP contribution >= 0.6 is 0 Å². The minimum Gasteiger partial charge on any atom is -0.336 e. The van der Waals surface area contributed by atoms with Crippen LogP contribution in [-0.4, -0.2) is 42.9 Å². The maximum atomic E-state index is 12.5. The van der Waals surface area contributed by atoms with Crippen molar-refractivity contribution in [3.63, 3.8) is 0 Å². The highest BCUT2D eigenvalue weighted by atomic mass is 16.2. The lowest BCUT2D eigenvalue weighted by molar-refractivity contribution is 0.0735. The molecule has 5 heteroatoms. The summed E-state index contributed by atoms with van der Waals surface area (Å²) in [4.78, 5) is 26.7. The summed E-state index contributed by atoms with van der Waals surface area (Å²) >= 11 is 0. The number of hydrogen-bond acceptors (Lipinski definition) is 3. The summed E-state index contributed by atoms with van der Waals surface area (Å²) in [6.07, 6.45) is 0. The van der Waals surface area contributed by atoms with E-state index in [2.05, 4.69) is 10.6 Å². The molecule has 0 radical (unpaired) electrons. The topological polar surface area (TPSA) is 61.4 Å². The first kappa shape index (κ1) is 16.2. The van der Waals surface area contributed by atoms with Crippen molar-refractivity contribution in [1.82, 2.24) is 10.2 Å². The number of hydrogen-bond donors (Lipinski definition) is 2. The van der Waals surface area contributed by atoms with Gasteiger partial charge in [0.25, 0.3) is 11.8 Å². The largest absolute Gasteiger partial charge is 0.336 e. The second kappa shape index (κ2) is 7.27. The SMILES string of the molecule is Cc1ccc(C(=O)Nc2cccc(C(=O)N3CCNCC3)c2)cc1. The van der Waals surface area contributed by atoms with Crippen molar-refractivity contribution in [2.24, 2.45) is 0 Å². The predicted octanol–water partition coefficient (Wildman–Crippen LogP) is 2.29. The fraction of sp³-hybridized carbons (Fsp3) is 0.263. The Morgan fingerprint density at radius 3 is 2.42 bits per heavy atom. The molecule has 1 aliphatic rings. The Hall–Kier alpha value is -2.66. The van der Waals surface area contributed by atoms with Crippen LogP contribution in [0.3, 0.4) is 0 Å². The van der Waals surface area contributed by atoms with Crippen LogP contribution in [-0.2, 0) is 0 Å². The molecule has 3 rings (SSSR count). The van der Waals surface area contributed by atoms with E-state index < -0.39 is 0 Å². The average molecular weight is 323 g/mol. The van der Waals surface area contributed by atoms with E-state index >= 15 is 0 Å². The van der Waals surface area contributed by atoms with Crippen LogP contribution in [0, 0.1) is 6.92 Å². The summed E-state index contributed by atoms with van der Waals surface area (Å²) < 4.78 is 0. The highest BCUT2D eigenvalue weighted by Gasteiger charge is 2.18. The van der Waals surface area contributed by atoms with Crippen LogP contribution < -0.4 is 10.6 Å². The molecule has 124 valence electrons. The smallest absolute Gasteiger partial charge is 0.255 e. The molecule has 0 spiro atoms. The standard InChI is InChI=1S/C19H21N3O2/c1-14-5-7-15(8-6-14)18(23)21-17-4-2-3-16(13-17)19(24)22-11-9-20-10-12-22/h2-8,13,20H,9-12H2,1H3,(H,21,23). The summed E-state index contributed by atoms with van der Waals surface area (Å²) in [6, 6.07) is 14.5. The number of nitrogens with zero attached hydrogens (tertiary/aromatic N) is 1. The van der Waals surface area contributed by atoms with Gasteiger partial charge in [0.15, 0.2) is 0 Å². The number of carbonyl (C=O) groups is 2. The highest BCUT2D eigenvalue weighted by Crippen LogP contribution is 2.15. The molecule has 0 aliphatic carbocycles. The first-order chi connectivity index (χ1) is 11.6.